The first-order valence-corrected chi connectivity index (χ1v) is 7.69. The molecule has 0 saturated carbocycles. The lowest BCUT2D eigenvalue weighted by Gasteiger charge is -2.19. The Balaban J connectivity index is 1.82. The number of amides is 1. The number of aryl methyl sites for hydroxylation is 1. The molecule has 4 nitrogen and oxygen atoms in total. The van der Waals surface area contributed by atoms with E-state index in [4.69, 9.17) is 0 Å². The number of hydrogen-bond donors (Lipinski definition) is 1. The Hall–Kier alpha value is -2.95. The summed E-state index contributed by atoms with van der Waals surface area (Å²) >= 11 is 0. The van der Waals surface area contributed by atoms with Crippen molar-refractivity contribution in [2.45, 2.75) is 12.5 Å². The molecule has 0 bridgehead atoms. The Morgan fingerprint density at radius 3 is 2.67 bits per heavy atom. The van der Waals surface area contributed by atoms with E-state index in [1.165, 1.54) is 12.1 Å². The highest BCUT2D eigenvalue weighted by atomic mass is 19.1. The van der Waals surface area contributed by atoms with Gasteiger partial charge in [0.2, 0.25) is 5.91 Å². The molecule has 0 saturated heterocycles. The molecule has 24 heavy (non-hydrogen) atoms. The molecular weight excluding hydrogens is 305 g/mol. The van der Waals surface area contributed by atoms with Crippen molar-refractivity contribution in [1.29, 1.82) is 0 Å². The van der Waals surface area contributed by atoms with E-state index in [0.29, 0.717) is 5.56 Å². The standard InChI is InChI=1S/C19H18FN3O/c1-23-11-10-21-19(23)18(15-7-3-2-4-8-15)22-17(24)13-14-6-5-9-16(20)12-14/h2-12,18H,13H2,1H3,(H,22,24)/t18-/m0/s1. The van der Waals surface area contributed by atoms with Crippen molar-refractivity contribution in [2.75, 3.05) is 0 Å². The zero-order chi connectivity index (χ0) is 16.9. The van der Waals surface area contributed by atoms with Gasteiger partial charge in [0.15, 0.2) is 0 Å². The topological polar surface area (TPSA) is 46.9 Å². The van der Waals surface area contributed by atoms with E-state index in [-0.39, 0.29) is 24.2 Å². The van der Waals surface area contributed by atoms with E-state index in [1.54, 1.807) is 18.3 Å². The van der Waals surface area contributed by atoms with Crippen LogP contribution in [0.15, 0.2) is 67.0 Å². The number of nitrogens with zero attached hydrogens (tertiary/aromatic N) is 2. The predicted molar refractivity (Wildman–Crippen MR) is 89.7 cm³/mol. The summed E-state index contributed by atoms with van der Waals surface area (Å²) in [6, 6.07) is 15.4. The highest BCUT2D eigenvalue weighted by molar-refractivity contribution is 5.79. The van der Waals surface area contributed by atoms with Crippen LogP contribution in [0.5, 0.6) is 0 Å². The van der Waals surface area contributed by atoms with Crippen molar-refractivity contribution >= 4 is 5.91 Å². The summed E-state index contributed by atoms with van der Waals surface area (Å²) in [6.45, 7) is 0. The number of carbonyl (C=O) groups excluding carboxylic acids is 1. The number of halogens is 1. The maximum atomic E-state index is 13.3. The molecule has 5 heteroatoms. The fraction of sp³-hybridized carbons (Fsp3) is 0.158. The van der Waals surface area contributed by atoms with Crippen LogP contribution in [-0.4, -0.2) is 15.5 Å². The SMILES string of the molecule is Cn1ccnc1[C@@H](NC(=O)Cc1cccc(F)c1)c1ccccc1. The van der Waals surface area contributed by atoms with Gasteiger partial charge in [0, 0.05) is 19.4 Å². The monoisotopic (exact) mass is 323 g/mol. The van der Waals surface area contributed by atoms with Crippen LogP contribution in [0.2, 0.25) is 0 Å². The highest BCUT2D eigenvalue weighted by Crippen LogP contribution is 2.20. The van der Waals surface area contributed by atoms with Gasteiger partial charge in [-0.25, -0.2) is 9.37 Å². The van der Waals surface area contributed by atoms with Crippen LogP contribution >= 0.6 is 0 Å². The third kappa shape index (κ3) is 3.68. The van der Waals surface area contributed by atoms with Crippen LogP contribution in [0, 0.1) is 5.82 Å². The molecule has 0 fully saturated rings. The molecule has 1 amide bonds. The van der Waals surface area contributed by atoms with Gasteiger partial charge in [-0.05, 0) is 23.3 Å². The van der Waals surface area contributed by atoms with Gasteiger partial charge >= 0.3 is 0 Å². The van der Waals surface area contributed by atoms with Gasteiger partial charge < -0.3 is 9.88 Å². The van der Waals surface area contributed by atoms with Crippen molar-refractivity contribution in [3.63, 3.8) is 0 Å². The molecule has 0 aliphatic heterocycles. The molecule has 0 aliphatic rings. The first-order valence-electron chi connectivity index (χ1n) is 7.69. The molecule has 0 aliphatic carbocycles. The highest BCUT2D eigenvalue weighted by Gasteiger charge is 2.20. The zero-order valence-electron chi connectivity index (χ0n) is 13.3. The molecule has 1 heterocycles. The van der Waals surface area contributed by atoms with Crippen LogP contribution in [0.25, 0.3) is 0 Å². The van der Waals surface area contributed by atoms with Crippen molar-refractivity contribution in [3.05, 3.63) is 89.8 Å². The van der Waals surface area contributed by atoms with Crippen molar-refractivity contribution in [3.8, 4) is 0 Å². The summed E-state index contributed by atoms with van der Waals surface area (Å²) in [6.07, 6.45) is 3.65. The smallest absolute Gasteiger partial charge is 0.225 e. The summed E-state index contributed by atoms with van der Waals surface area (Å²) in [5.41, 5.74) is 1.58. The molecule has 2 aromatic carbocycles. The molecule has 1 aromatic heterocycles. The van der Waals surface area contributed by atoms with E-state index >= 15 is 0 Å². The van der Waals surface area contributed by atoms with E-state index in [9.17, 15) is 9.18 Å². The normalized spacial score (nSPS) is 11.9. The molecule has 3 rings (SSSR count). The molecular formula is C19H18FN3O. The molecule has 1 atom stereocenters. The van der Waals surface area contributed by atoms with E-state index in [2.05, 4.69) is 10.3 Å². The van der Waals surface area contributed by atoms with Crippen LogP contribution in [0.4, 0.5) is 4.39 Å². The molecule has 0 unspecified atom stereocenters. The Labute approximate surface area is 140 Å². The second kappa shape index (κ2) is 7.08. The number of rotatable bonds is 5. The van der Waals surface area contributed by atoms with Crippen molar-refractivity contribution in [2.24, 2.45) is 7.05 Å². The third-order valence-electron chi connectivity index (χ3n) is 3.81. The third-order valence-corrected chi connectivity index (χ3v) is 3.81. The maximum absolute atomic E-state index is 13.3. The molecule has 122 valence electrons. The van der Waals surface area contributed by atoms with Gasteiger partial charge in [-0.3, -0.25) is 4.79 Å². The van der Waals surface area contributed by atoms with Crippen molar-refractivity contribution in [1.82, 2.24) is 14.9 Å². The van der Waals surface area contributed by atoms with Gasteiger partial charge in [-0.2, -0.15) is 0 Å². The average molecular weight is 323 g/mol. The minimum absolute atomic E-state index is 0.117. The number of imidazole rings is 1. The number of nitrogens with one attached hydrogen (secondary N) is 1. The summed E-state index contributed by atoms with van der Waals surface area (Å²) in [5.74, 6) is 0.218. The van der Waals surface area contributed by atoms with E-state index < -0.39 is 0 Å². The fourth-order valence-corrected chi connectivity index (χ4v) is 2.64. The Morgan fingerprint density at radius 1 is 1.21 bits per heavy atom. The van der Waals surface area contributed by atoms with Crippen LogP contribution in [0.1, 0.15) is 23.0 Å². The van der Waals surface area contributed by atoms with Crippen LogP contribution in [-0.2, 0) is 18.3 Å². The van der Waals surface area contributed by atoms with Crippen LogP contribution in [0.3, 0.4) is 0 Å². The largest absolute Gasteiger partial charge is 0.342 e. The van der Waals surface area contributed by atoms with E-state index in [0.717, 1.165) is 11.4 Å². The molecule has 0 radical (unpaired) electrons. The van der Waals surface area contributed by atoms with Gasteiger partial charge in [0.05, 0.1) is 6.42 Å². The number of aromatic nitrogens is 2. The fourth-order valence-electron chi connectivity index (χ4n) is 2.64. The summed E-state index contributed by atoms with van der Waals surface area (Å²) in [5, 5.41) is 3.00. The Bertz CT molecular complexity index is 829. The quantitative estimate of drug-likeness (QED) is 0.784. The number of hydrogen-bond acceptors (Lipinski definition) is 2. The first-order chi connectivity index (χ1) is 11.6. The summed E-state index contributed by atoms with van der Waals surface area (Å²) < 4.78 is 15.2. The number of carbonyl (C=O) groups is 1. The summed E-state index contributed by atoms with van der Waals surface area (Å²) in [7, 11) is 1.89. The van der Waals surface area contributed by atoms with E-state index in [1.807, 2.05) is 48.1 Å². The Kier molecular flexibility index (Phi) is 4.70. The second-order valence-corrected chi connectivity index (χ2v) is 5.61. The van der Waals surface area contributed by atoms with Crippen molar-refractivity contribution < 1.29 is 9.18 Å². The Morgan fingerprint density at radius 2 is 2.00 bits per heavy atom. The minimum Gasteiger partial charge on any atom is -0.342 e. The zero-order valence-corrected chi connectivity index (χ0v) is 13.3. The number of benzene rings is 2. The van der Waals surface area contributed by atoms with Gasteiger partial charge in [0.25, 0.3) is 0 Å². The summed E-state index contributed by atoms with van der Waals surface area (Å²) in [4.78, 5) is 16.8. The lowest BCUT2D eigenvalue weighted by Crippen LogP contribution is -2.32. The van der Waals surface area contributed by atoms with Gasteiger partial charge in [0.1, 0.15) is 17.7 Å². The first kappa shape index (κ1) is 15.9. The molecule has 0 spiro atoms. The maximum Gasteiger partial charge on any atom is 0.225 e. The average Bonchev–Trinajstić information content (AvgIpc) is 2.99. The van der Waals surface area contributed by atoms with Gasteiger partial charge in [-0.1, -0.05) is 42.5 Å². The molecule has 1 N–H and O–H groups in total. The predicted octanol–water partition coefficient (Wildman–Crippen LogP) is 3.01. The molecule has 3 aromatic rings. The lowest BCUT2D eigenvalue weighted by atomic mass is 10.1. The minimum atomic E-state index is -0.354. The van der Waals surface area contributed by atoms with Crippen LogP contribution < -0.4 is 5.32 Å². The second-order valence-electron chi connectivity index (χ2n) is 5.61. The van der Waals surface area contributed by atoms with Gasteiger partial charge in [-0.15, -0.1) is 0 Å². The lowest BCUT2D eigenvalue weighted by molar-refractivity contribution is -0.121.